The van der Waals surface area contributed by atoms with Crippen molar-refractivity contribution in [3.8, 4) is 0 Å². The molecule has 92 valence electrons. The third-order valence-corrected chi connectivity index (χ3v) is 4.14. The Kier molecular flexibility index (Phi) is 4.09. The van der Waals surface area contributed by atoms with Crippen molar-refractivity contribution in [2.45, 2.75) is 25.7 Å². The van der Waals surface area contributed by atoms with Crippen LogP contribution in [-0.2, 0) is 4.79 Å². The molecule has 3 N–H and O–H groups in total. The molecule has 17 heavy (non-hydrogen) atoms. The van der Waals surface area contributed by atoms with Crippen molar-refractivity contribution < 1.29 is 4.79 Å². The summed E-state index contributed by atoms with van der Waals surface area (Å²) in [5.41, 5.74) is 7.13. The summed E-state index contributed by atoms with van der Waals surface area (Å²) >= 11 is 6.77. The highest BCUT2D eigenvalue weighted by Gasteiger charge is 2.23. The summed E-state index contributed by atoms with van der Waals surface area (Å²) < 4.78 is 1.69. The lowest BCUT2D eigenvalue weighted by atomic mass is 10.1. The van der Waals surface area contributed by atoms with Crippen LogP contribution in [0.1, 0.15) is 25.7 Å². The number of carbonyl (C=O) groups is 1. The van der Waals surface area contributed by atoms with E-state index in [-0.39, 0.29) is 11.8 Å². The molecule has 0 radical (unpaired) electrons. The fourth-order valence-electron chi connectivity index (χ4n) is 2.14. The summed E-state index contributed by atoms with van der Waals surface area (Å²) in [5.74, 6) is 0.224. The van der Waals surface area contributed by atoms with Crippen molar-refractivity contribution >= 4 is 49.1 Å². The van der Waals surface area contributed by atoms with Crippen molar-refractivity contribution in [2.24, 2.45) is 5.92 Å². The van der Waals surface area contributed by atoms with E-state index in [0.717, 1.165) is 34.6 Å². The highest BCUT2D eigenvalue weighted by atomic mass is 79.9. The van der Waals surface area contributed by atoms with E-state index in [1.54, 1.807) is 6.07 Å². The molecule has 0 unspecified atom stereocenters. The molecule has 2 rings (SSSR count). The van der Waals surface area contributed by atoms with Crippen LogP contribution in [0.2, 0.25) is 0 Å². The van der Waals surface area contributed by atoms with Gasteiger partial charge in [-0.2, -0.15) is 0 Å². The van der Waals surface area contributed by atoms with Gasteiger partial charge in [0.1, 0.15) is 0 Å². The Morgan fingerprint density at radius 3 is 2.53 bits per heavy atom. The van der Waals surface area contributed by atoms with Gasteiger partial charge in [0.2, 0.25) is 5.91 Å². The molecule has 0 spiro atoms. The van der Waals surface area contributed by atoms with Gasteiger partial charge in [-0.05, 0) is 40.9 Å². The van der Waals surface area contributed by atoms with Crippen molar-refractivity contribution in [3.63, 3.8) is 0 Å². The highest BCUT2D eigenvalue weighted by Crippen LogP contribution is 2.34. The second-order valence-corrected chi connectivity index (χ2v) is 6.09. The molecule has 1 aromatic rings. The zero-order valence-corrected chi connectivity index (χ0v) is 12.5. The predicted molar refractivity (Wildman–Crippen MR) is 76.8 cm³/mol. The van der Waals surface area contributed by atoms with Crippen LogP contribution in [0.25, 0.3) is 0 Å². The Morgan fingerprint density at radius 2 is 1.94 bits per heavy atom. The number of amides is 1. The fraction of sp³-hybridized carbons (Fsp3) is 0.417. The van der Waals surface area contributed by atoms with Crippen molar-refractivity contribution in [3.05, 3.63) is 21.1 Å². The quantitative estimate of drug-likeness (QED) is 0.784. The number of hydrogen-bond donors (Lipinski definition) is 2. The lowest BCUT2D eigenvalue weighted by Crippen LogP contribution is -2.21. The van der Waals surface area contributed by atoms with E-state index >= 15 is 0 Å². The summed E-state index contributed by atoms with van der Waals surface area (Å²) in [6, 6.07) is 3.66. The maximum atomic E-state index is 12.0. The van der Waals surface area contributed by atoms with Crippen LogP contribution in [-0.4, -0.2) is 5.91 Å². The minimum Gasteiger partial charge on any atom is -0.397 e. The molecule has 0 heterocycles. The van der Waals surface area contributed by atoms with Crippen LogP contribution in [0.3, 0.4) is 0 Å². The van der Waals surface area contributed by atoms with E-state index in [9.17, 15) is 4.79 Å². The van der Waals surface area contributed by atoms with Gasteiger partial charge in [0, 0.05) is 14.9 Å². The van der Waals surface area contributed by atoms with Crippen LogP contribution < -0.4 is 11.1 Å². The predicted octanol–water partition coefficient (Wildman–Crippen LogP) is 3.92. The topological polar surface area (TPSA) is 55.1 Å². The molecule has 1 fully saturated rings. The first-order chi connectivity index (χ1) is 8.08. The molecule has 5 heteroatoms. The molecule has 0 aliphatic heterocycles. The van der Waals surface area contributed by atoms with Crippen molar-refractivity contribution in [1.29, 1.82) is 0 Å². The highest BCUT2D eigenvalue weighted by molar-refractivity contribution is 9.11. The van der Waals surface area contributed by atoms with Gasteiger partial charge in [-0.15, -0.1) is 0 Å². The molecule has 0 aromatic heterocycles. The van der Waals surface area contributed by atoms with Gasteiger partial charge in [-0.3, -0.25) is 4.79 Å². The number of nitrogens with two attached hydrogens (primary N) is 1. The van der Waals surface area contributed by atoms with Crippen LogP contribution in [0.5, 0.6) is 0 Å². The summed E-state index contributed by atoms with van der Waals surface area (Å²) in [6.45, 7) is 0. The molecule has 1 aliphatic rings. The molecule has 1 saturated carbocycles. The number of nitrogens with one attached hydrogen (secondary N) is 1. The van der Waals surface area contributed by atoms with E-state index in [1.807, 2.05) is 6.07 Å². The largest absolute Gasteiger partial charge is 0.397 e. The number of hydrogen-bond acceptors (Lipinski definition) is 2. The summed E-state index contributed by atoms with van der Waals surface area (Å²) in [5, 5.41) is 2.92. The lowest BCUT2D eigenvalue weighted by molar-refractivity contribution is -0.119. The smallest absolute Gasteiger partial charge is 0.227 e. The van der Waals surface area contributed by atoms with Crippen LogP contribution in [0, 0.1) is 5.92 Å². The van der Waals surface area contributed by atoms with Gasteiger partial charge >= 0.3 is 0 Å². The van der Waals surface area contributed by atoms with E-state index in [4.69, 9.17) is 5.73 Å². The fourth-order valence-corrected chi connectivity index (χ4v) is 3.50. The van der Waals surface area contributed by atoms with Gasteiger partial charge in [0.25, 0.3) is 0 Å². The van der Waals surface area contributed by atoms with Gasteiger partial charge in [0.05, 0.1) is 11.4 Å². The SMILES string of the molecule is Nc1cc(Br)cc(Br)c1NC(=O)C1CCCC1. The van der Waals surface area contributed by atoms with Crippen molar-refractivity contribution in [2.75, 3.05) is 11.1 Å². The number of nitrogen functional groups attached to an aromatic ring is 1. The van der Waals surface area contributed by atoms with Gasteiger partial charge in [-0.25, -0.2) is 0 Å². The number of halogens is 2. The number of benzene rings is 1. The lowest BCUT2D eigenvalue weighted by Gasteiger charge is -2.14. The summed E-state index contributed by atoms with van der Waals surface area (Å²) in [7, 11) is 0. The normalized spacial score (nSPS) is 16.1. The van der Waals surface area contributed by atoms with Gasteiger partial charge in [0.15, 0.2) is 0 Å². The monoisotopic (exact) mass is 360 g/mol. The molecule has 1 aromatic carbocycles. The third-order valence-electron chi connectivity index (χ3n) is 3.06. The molecule has 1 aliphatic carbocycles. The van der Waals surface area contributed by atoms with Gasteiger partial charge in [-0.1, -0.05) is 28.8 Å². The number of carbonyl (C=O) groups excluding carboxylic acids is 1. The molecule has 0 bridgehead atoms. The first-order valence-electron chi connectivity index (χ1n) is 5.63. The number of rotatable bonds is 2. The average molecular weight is 362 g/mol. The Balaban J connectivity index is 2.15. The van der Waals surface area contributed by atoms with E-state index < -0.39 is 0 Å². The summed E-state index contributed by atoms with van der Waals surface area (Å²) in [4.78, 5) is 12.0. The Hall–Kier alpha value is -0.550. The molecule has 1 amide bonds. The zero-order valence-electron chi connectivity index (χ0n) is 9.30. The minimum absolute atomic E-state index is 0.0808. The molecule has 3 nitrogen and oxygen atoms in total. The Labute approximate surface area is 117 Å². The standard InChI is InChI=1S/C12H14Br2N2O/c13-8-5-9(14)11(10(15)6-8)16-12(17)7-3-1-2-4-7/h5-7H,1-4,15H2,(H,16,17). The Morgan fingerprint density at radius 1 is 1.29 bits per heavy atom. The van der Waals surface area contributed by atoms with Crippen LogP contribution in [0.4, 0.5) is 11.4 Å². The van der Waals surface area contributed by atoms with E-state index in [0.29, 0.717) is 11.4 Å². The average Bonchev–Trinajstić information content (AvgIpc) is 2.76. The molecular formula is C12H14Br2N2O. The summed E-state index contributed by atoms with van der Waals surface area (Å²) in [6.07, 6.45) is 4.27. The second-order valence-electron chi connectivity index (χ2n) is 4.32. The minimum atomic E-state index is 0.0808. The van der Waals surface area contributed by atoms with E-state index in [2.05, 4.69) is 37.2 Å². The maximum Gasteiger partial charge on any atom is 0.227 e. The zero-order chi connectivity index (χ0) is 12.4. The maximum absolute atomic E-state index is 12.0. The number of anilines is 2. The first-order valence-corrected chi connectivity index (χ1v) is 7.22. The van der Waals surface area contributed by atoms with E-state index in [1.165, 1.54) is 0 Å². The van der Waals surface area contributed by atoms with Gasteiger partial charge < -0.3 is 11.1 Å². The molecule has 0 saturated heterocycles. The Bertz CT molecular complexity index is 419. The van der Waals surface area contributed by atoms with Crippen molar-refractivity contribution in [1.82, 2.24) is 0 Å². The second kappa shape index (κ2) is 5.40. The molecular weight excluding hydrogens is 348 g/mol. The molecule has 0 atom stereocenters. The van der Waals surface area contributed by atoms with Crippen LogP contribution in [0.15, 0.2) is 21.1 Å². The first kappa shape index (κ1) is 12.9. The third kappa shape index (κ3) is 3.01. The van der Waals surface area contributed by atoms with Crippen LogP contribution >= 0.6 is 31.9 Å².